The van der Waals surface area contributed by atoms with Gasteiger partial charge in [0, 0.05) is 12.1 Å². The molecule has 116 valence electrons. The summed E-state index contributed by atoms with van der Waals surface area (Å²) in [6.45, 7) is 3.36. The third-order valence-electron chi connectivity index (χ3n) is 3.19. The summed E-state index contributed by atoms with van der Waals surface area (Å²) in [6, 6.07) is 7.66. The van der Waals surface area contributed by atoms with Gasteiger partial charge in [-0.1, -0.05) is 19.1 Å². The maximum absolute atomic E-state index is 11.9. The molecule has 0 saturated carbocycles. The number of hydrogen-bond donors (Lipinski definition) is 1. The SMILES string of the molecule is CCC(C)NC(=O)COC(=O)c1cc(=O)c2ccccc2o1. The molecule has 1 aromatic carbocycles. The molecular formula is C16H17NO5. The third-order valence-corrected chi connectivity index (χ3v) is 3.19. The second-order valence-corrected chi connectivity index (χ2v) is 4.92. The average Bonchev–Trinajstić information content (AvgIpc) is 2.52. The van der Waals surface area contributed by atoms with Crippen LogP contribution in [0.2, 0.25) is 0 Å². The van der Waals surface area contributed by atoms with Crippen molar-refractivity contribution in [2.45, 2.75) is 26.3 Å². The molecule has 0 radical (unpaired) electrons. The second-order valence-electron chi connectivity index (χ2n) is 4.92. The van der Waals surface area contributed by atoms with Crippen molar-refractivity contribution in [1.29, 1.82) is 0 Å². The number of esters is 1. The highest BCUT2D eigenvalue weighted by Crippen LogP contribution is 2.12. The van der Waals surface area contributed by atoms with Crippen LogP contribution in [-0.2, 0) is 9.53 Å². The van der Waals surface area contributed by atoms with Crippen LogP contribution in [0.3, 0.4) is 0 Å². The molecule has 2 aromatic rings. The van der Waals surface area contributed by atoms with Crippen LogP contribution in [0, 0.1) is 0 Å². The van der Waals surface area contributed by atoms with Crippen LogP contribution >= 0.6 is 0 Å². The second kappa shape index (κ2) is 6.89. The van der Waals surface area contributed by atoms with Crippen molar-refractivity contribution in [1.82, 2.24) is 5.32 Å². The van der Waals surface area contributed by atoms with Crippen LogP contribution in [0.25, 0.3) is 11.0 Å². The standard InChI is InChI=1S/C16H17NO5/c1-3-10(2)17-15(19)9-21-16(20)14-8-12(18)11-6-4-5-7-13(11)22-14/h4-8,10H,3,9H2,1-2H3,(H,17,19). The zero-order valence-electron chi connectivity index (χ0n) is 12.4. The number of para-hydroxylation sites is 1. The van der Waals surface area contributed by atoms with E-state index in [1.807, 2.05) is 13.8 Å². The number of carbonyl (C=O) groups excluding carboxylic acids is 2. The van der Waals surface area contributed by atoms with E-state index >= 15 is 0 Å². The summed E-state index contributed by atoms with van der Waals surface area (Å²) in [7, 11) is 0. The smallest absolute Gasteiger partial charge is 0.374 e. The zero-order chi connectivity index (χ0) is 16.1. The summed E-state index contributed by atoms with van der Waals surface area (Å²) < 4.78 is 10.2. The predicted molar refractivity (Wildman–Crippen MR) is 80.7 cm³/mol. The van der Waals surface area contributed by atoms with Crippen molar-refractivity contribution in [2.24, 2.45) is 0 Å². The molecule has 1 unspecified atom stereocenters. The first-order valence-corrected chi connectivity index (χ1v) is 7.00. The summed E-state index contributed by atoms with van der Waals surface area (Å²) in [6.07, 6.45) is 0.777. The predicted octanol–water partition coefficient (Wildman–Crippen LogP) is 1.86. The molecule has 1 heterocycles. The van der Waals surface area contributed by atoms with Gasteiger partial charge in [-0.25, -0.2) is 4.79 Å². The van der Waals surface area contributed by atoms with Crippen molar-refractivity contribution >= 4 is 22.8 Å². The molecule has 0 saturated heterocycles. The van der Waals surface area contributed by atoms with E-state index in [0.29, 0.717) is 11.0 Å². The Morgan fingerprint density at radius 1 is 1.32 bits per heavy atom. The topological polar surface area (TPSA) is 85.6 Å². The number of amides is 1. The minimum atomic E-state index is -0.845. The maximum atomic E-state index is 11.9. The van der Waals surface area contributed by atoms with Gasteiger partial charge in [-0.3, -0.25) is 9.59 Å². The Hall–Kier alpha value is -2.63. The number of nitrogens with one attached hydrogen (secondary N) is 1. The number of fused-ring (bicyclic) bond motifs is 1. The number of benzene rings is 1. The molecule has 0 fully saturated rings. The van der Waals surface area contributed by atoms with Gasteiger partial charge in [-0.2, -0.15) is 0 Å². The molecule has 1 N–H and O–H groups in total. The fourth-order valence-corrected chi connectivity index (χ4v) is 1.83. The molecule has 1 atom stereocenters. The molecule has 0 spiro atoms. The molecule has 1 amide bonds. The van der Waals surface area contributed by atoms with Gasteiger partial charge in [-0.15, -0.1) is 0 Å². The minimum absolute atomic E-state index is 0.00445. The van der Waals surface area contributed by atoms with Gasteiger partial charge < -0.3 is 14.5 Å². The van der Waals surface area contributed by atoms with Gasteiger partial charge in [0.1, 0.15) is 5.58 Å². The van der Waals surface area contributed by atoms with E-state index in [0.717, 1.165) is 12.5 Å². The van der Waals surface area contributed by atoms with Gasteiger partial charge in [0.25, 0.3) is 5.91 Å². The Morgan fingerprint density at radius 3 is 2.77 bits per heavy atom. The lowest BCUT2D eigenvalue weighted by atomic mass is 10.2. The molecule has 6 heteroatoms. The van der Waals surface area contributed by atoms with E-state index in [4.69, 9.17) is 9.15 Å². The molecule has 1 aromatic heterocycles. The Balaban J connectivity index is 2.07. The van der Waals surface area contributed by atoms with Crippen LogP contribution in [0.5, 0.6) is 0 Å². The van der Waals surface area contributed by atoms with Gasteiger partial charge >= 0.3 is 5.97 Å². The van der Waals surface area contributed by atoms with Crippen molar-refractivity contribution in [3.05, 3.63) is 46.3 Å². The molecule has 0 bridgehead atoms. The van der Waals surface area contributed by atoms with E-state index in [-0.39, 0.29) is 17.2 Å². The van der Waals surface area contributed by atoms with Crippen LogP contribution in [-0.4, -0.2) is 24.5 Å². The van der Waals surface area contributed by atoms with Gasteiger partial charge in [-0.05, 0) is 25.5 Å². The van der Waals surface area contributed by atoms with E-state index in [2.05, 4.69) is 5.32 Å². The number of hydrogen-bond acceptors (Lipinski definition) is 5. The highest BCUT2D eigenvalue weighted by molar-refractivity contribution is 5.90. The Morgan fingerprint density at radius 2 is 2.05 bits per heavy atom. The van der Waals surface area contributed by atoms with Crippen molar-refractivity contribution in [3.8, 4) is 0 Å². The molecule has 22 heavy (non-hydrogen) atoms. The largest absolute Gasteiger partial charge is 0.450 e. The van der Waals surface area contributed by atoms with Crippen molar-refractivity contribution in [3.63, 3.8) is 0 Å². The van der Waals surface area contributed by atoms with Crippen LogP contribution in [0.15, 0.2) is 39.5 Å². The van der Waals surface area contributed by atoms with E-state index in [1.165, 1.54) is 0 Å². The van der Waals surface area contributed by atoms with Crippen molar-refractivity contribution < 1.29 is 18.7 Å². The Bertz CT molecular complexity index is 750. The summed E-state index contributed by atoms with van der Waals surface area (Å²) in [5.74, 6) is -1.46. The fraction of sp³-hybridized carbons (Fsp3) is 0.312. The fourth-order valence-electron chi connectivity index (χ4n) is 1.83. The van der Waals surface area contributed by atoms with Gasteiger partial charge in [0.05, 0.1) is 5.39 Å². The quantitative estimate of drug-likeness (QED) is 0.852. The van der Waals surface area contributed by atoms with E-state index in [9.17, 15) is 14.4 Å². The zero-order valence-corrected chi connectivity index (χ0v) is 12.4. The average molecular weight is 303 g/mol. The normalized spacial score (nSPS) is 11.9. The number of ether oxygens (including phenoxy) is 1. The van der Waals surface area contributed by atoms with Crippen LogP contribution < -0.4 is 10.7 Å². The molecule has 6 nitrogen and oxygen atoms in total. The van der Waals surface area contributed by atoms with Gasteiger partial charge in [0.2, 0.25) is 5.76 Å². The third kappa shape index (κ3) is 3.72. The first-order valence-electron chi connectivity index (χ1n) is 7.00. The van der Waals surface area contributed by atoms with Crippen molar-refractivity contribution in [2.75, 3.05) is 6.61 Å². The highest BCUT2D eigenvalue weighted by Gasteiger charge is 2.15. The molecule has 0 aliphatic rings. The highest BCUT2D eigenvalue weighted by atomic mass is 16.5. The number of carbonyl (C=O) groups is 2. The van der Waals surface area contributed by atoms with Gasteiger partial charge in [0.15, 0.2) is 12.0 Å². The molecule has 0 aliphatic heterocycles. The summed E-state index contributed by atoms with van der Waals surface area (Å²) in [5.41, 5.74) is -0.0381. The first kappa shape index (κ1) is 15.8. The summed E-state index contributed by atoms with van der Waals surface area (Å²) in [4.78, 5) is 35.3. The minimum Gasteiger partial charge on any atom is -0.450 e. The lowest BCUT2D eigenvalue weighted by Crippen LogP contribution is -2.35. The van der Waals surface area contributed by atoms with E-state index in [1.54, 1.807) is 24.3 Å². The Labute approximate surface area is 127 Å². The lowest BCUT2D eigenvalue weighted by Gasteiger charge is -2.11. The van der Waals surface area contributed by atoms with E-state index < -0.39 is 18.5 Å². The Kier molecular flexibility index (Phi) is 4.93. The monoisotopic (exact) mass is 303 g/mol. The van der Waals surface area contributed by atoms with Crippen LogP contribution in [0.4, 0.5) is 0 Å². The summed E-state index contributed by atoms with van der Waals surface area (Å²) in [5, 5.41) is 3.05. The molecule has 2 rings (SSSR count). The first-order chi connectivity index (χ1) is 10.5. The lowest BCUT2D eigenvalue weighted by molar-refractivity contribution is -0.124. The van der Waals surface area contributed by atoms with Crippen LogP contribution in [0.1, 0.15) is 30.8 Å². The number of rotatable bonds is 5. The summed E-state index contributed by atoms with van der Waals surface area (Å²) >= 11 is 0. The molecule has 0 aliphatic carbocycles. The maximum Gasteiger partial charge on any atom is 0.374 e. The molecular weight excluding hydrogens is 286 g/mol.